The summed E-state index contributed by atoms with van der Waals surface area (Å²) in [5, 5.41) is 3.61. The van der Waals surface area contributed by atoms with Crippen LogP contribution in [0.25, 0.3) is 10.4 Å². The summed E-state index contributed by atoms with van der Waals surface area (Å²) in [5.41, 5.74) is 8.74. The summed E-state index contributed by atoms with van der Waals surface area (Å²) in [4.78, 5) is 28.3. The third-order valence-electron chi connectivity index (χ3n) is 4.33. The topological polar surface area (TPSA) is 95.4 Å². The van der Waals surface area contributed by atoms with Crippen molar-refractivity contribution in [1.82, 2.24) is 4.90 Å². The number of hydrogen-bond donors (Lipinski definition) is 0. The van der Waals surface area contributed by atoms with E-state index in [0.29, 0.717) is 5.56 Å². The minimum Gasteiger partial charge on any atom is -0.437 e. The van der Waals surface area contributed by atoms with Crippen molar-refractivity contribution in [2.45, 2.75) is 25.1 Å². The van der Waals surface area contributed by atoms with Crippen molar-refractivity contribution in [3.8, 4) is 0 Å². The zero-order valence-electron chi connectivity index (χ0n) is 13.9. The third kappa shape index (κ3) is 2.87. The average Bonchev–Trinajstić information content (AvgIpc) is 2.89. The van der Waals surface area contributed by atoms with Crippen molar-refractivity contribution in [2.75, 3.05) is 0 Å². The van der Waals surface area contributed by atoms with Gasteiger partial charge in [0.15, 0.2) is 0 Å². The molecule has 1 aliphatic rings. The first-order valence-electron chi connectivity index (χ1n) is 7.84. The standard InChI is InChI=1S/C18H15FN4O3/c1-12(24)23-17(25)26-16(21-22-20)18(23,11-13-5-3-2-4-6-13)14-7-9-15(19)10-8-14/h2-10,16H,11H2,1H3/t16-,18-/m0/s1. The van der Waals surface area contributed by atoms with Gasteiger partial charge in [-0.15, -0.1) is 0 Å². The maximum atomic E-state index is 13.4. The Hall–Kier alpha value is -3.38. The smallest absolute Gasteiger partial charge is 0.417 e. The Balaban J connectivity index is 2.25. The molecule has 2 aromatic carbocycles. The second kappa shape index (κ2) is 6.85. The van der Waals surface area contributed by atoms with Gasteiger partial charge in [0.2, 0.25) is 12.1 Å². The van der Waals surface area contributed by atoms with Crippen LogP contribution in [0.15, 0.2) is 59.7 Å². The Morgan fingerprint density at radius 2 is 1.92 bits per heavy atom. The number of nitrogens with zero attached hydrogens (tertiary/aromatic N) is 4. The molecule has 26 heavy (non-hydrogen) atoms. The molecular weight excluding hydrogens is 339 g/mol. The number of ether oxygens (including phenoxy) is 1. The number of azide groups is 1. The molecule has 0 spiro atoms. The average molecular weight is 354 g/mol. The molecule has 0 aromatic heterocycles. The van der Waals surface area contributed by atoms with Crippen LogP contribution >= 0.6 is 0 Å². The predicted molar refractivity (Wildman–Crippen MR) is 90.2 cm³/mol. The molecule has 3 rings (SSSR count). The lowest BCUT2D eigenvalue weighted by Crippen LogP contribution is -2.51. The number of amides is 2. The van der Waals surface area contributed by atoms with Gasteiger partial charge in [0, 0.05) is 18.3 Å². The zero-order valence-corrected chi connectivity index (χ0v) is 13.9. The summed E-state index contributed by atoms with van der Waals surface area (Å²) in [6.45, 7) is 1.23. The van der Waals surface area contributed by atoms with Gasteiger partial charge in [-0.1, -0.05) is 42.5 Å². The molecular formula is C18H15FN4O3. The number of imide groups is 1. The minimum atomic E-state index is -1.41. The van der Waals surface area contributed by atoms with Gasteiger partial charge in [-0.2, -0.15) is 0 Å². The number of carbonyl (C=O) groups excluding carboxylic acids is 2. The monoisotopic (exact) mass is 354 g/mol. The van der Waals surface area contributed by atoms with Crippen LogP contribution in [-0.2, 0) is 21.5 Å². The number of benzene rings is 2. The second-order valence-corrected chi connectivity index (χ2v) is 5.89. The maximum absolute atomic E-state index is 13.4. The predicted octanol–water partition coefficient (Wildman–Crippen LogP) is 3.90. The Morgan fingerprint density at radius 3 is 2.50 bits per heavy atom. The molecule has 0 saturated carbocycles. The van der Waals surface area contributed by atoms with Crippen LogP contribution < -0.4 is 0 Å². The Labute approximate surface area is 148 Å². The molecule has 2 atom stereocenters. The van der Waals surface area contributed by atoms with Gasteiger partial charge < -0.3 is 4.74 Å². The molecule has 1 aliphatic heterocycles. The van der Waals surface area contributed by atoms with Crippen LogP contribution in [0.5, 0.6) is 0 Å². The molecule has 0 unspecified atom stereocenters. The highest BCUT2D eigenvalue weighted by Gasteiger charge is 2.57. The first-order chi connectivity index (χ1) is 12.5. The molecule has 1 heterocycles. The first kappa shape index (κ1) is 17.4. The molecule has 1 saturated heterocycles. The van der Waals surface area contributed by atoms with Gasteiger partial charge in [0.1, 0.15) is 11.4 Å². The van der Waals surface area contributed by atoms with Gasteiger partial charge >= 0.3 is 6.09 Å². The van der Waals surface area contributed by atoms with E-state index in [1.807, 2.05) is 30.3 Å². The van der Waals surface area contributed by atoms with Crippen LogP contribution in [0.4, 0.5) is 9.18 Å². The summed E-state index contributed by atoms with van der Waals surface area (Å²) >= 11 is 0. The van der Waals surface area contributed by atoms with Crippen molar-refractivity contribution in [3.63, 3.8) is 0 Å². The largest absolute Gasteiger partial charge is 0.437 e. The number of hydrogen-bond acceptors (Lipinski definition) is 4. The van der Waals surface area contributed by atoms with E-state index in [1.165, 1.54) is 31.2 Å². The molecule has 132 valence electrons. The number of halogens is 1. The molecule has 7 nitrogen and oxygen atoms in total. The van der Waals surface area contributed by atoms with Gasteiger partial charge in [-0.25, -0.2) is 14.1 Å². The minimum absolute atomic E-state index is 0.147. The van der Waals surface area contributed by atoms with E-state index in [4.69, 9.17) is 10.3 Å². The summed E-state index contributed by atoms with van der Waals surface area (Å²) in [5.74, 6) is -1.03. The van der Waals surface area contributed by atoms with Crippen molar-refractivity contribution < 1.29 is 18.7 Å². The molecule has 2 amide bonds. The summed E-state index contributed by atoms with van der Waals surface area (Å²) in [6.07, 6.45) is -2.04. The van der Waals surface area contributed by atoms with Crippen LogP contribution in [0.3, 0.4) is 0 Å². The first-order valence-corrected chi connectivity index (χ1v) is 7.84. The second-order valence-electron chi connectivity index (χ2n) is 5.89. The highest BCUT2D eigenvalue weighted by atomic mass is 19.1. The molecule has 1 fully saturated rings. The van der Waals surface area contributed by atoms with Crippen LogP contribution in [-0.4, -0.2) is 23.1 Å². The summed E-state index contributed by atoms with van der Waals surface area (Å²) in [7, 11) is 0. The number of carbonyl (C=O) groups is 2. The lowest BCUT2D eigenvalue weighted by molar-refractivity contribution is -0.130. The Kier molecular flexibility index (Phi) is 4.60. The van der Waals surface area contributed by atoms with Crippen molar-refractivity contribution in [3.05, 3.63) is 82.0 Å². The van der Waals surface area contributed by atoms with E-state index in [2.05, 4.69) is 10.0 Å². The number of cyclic esters (lactones) is 1. The third-order valence-corrected chi connectivity index (χ3v) is 4.33. The molecule has 0 radical (unpaired) electrons. The normalized spacial score (nSPS) is 21.8. The fourth-order valence-electron chi connectivity index (χ4n) is 3.28. The summed E-state index contributed by atoms with van der Waals surface area (Å²) < 4.78 is 18.6. The maximum Gasteiger partial charge on any atom is 0.417 e. The highest BCUT2D eigenvalue weighted by Crippen LogP contribution is 2.43. The van der Waals surface area contributed by atoms with Crippen LogP contribution in [0.2, 0.25) is 0 Å². The van der Waals surface area contributed by atoms with Gasteiger partial charge in [-0.3, -0.25) is 4.79 Å². The van der Waals surface area contributed by atoms with Gasteiger partial charge in [-0.05, 0) is 33.9 Å². The van der Waals surface area contributed by atoms with E-state index in [9.17, 15) is 14.0 Å². The van der Waals surface area contributed by atoms with Crippen molar-refractivity contribution in [2.24, 2.45) is 5.11 Å². The van der Waals surface area contributed by atoms with Gasteiger partial charge in [0.05, 0.1) is 0 Å². The SMILES string of the molecule is CC(=O)N1C(=O)O[C@H](N=[N+]=[N-])[C@]1(Cc1ccccc1)c1ccc(F)cc1. The number of rotatable bonds is 4. The van der Waals surface area contributed by atoms with Crippen molar-refractivity contribution >= 4 is 12.0 Å². The van der Waals surface area contributed by atoms with Crippen LogP contribution in [0, 0.1) is 5.82 Å². The molecule has 0 N–H and O–H groups in total. The Morgan fingerprint density at radius 1 is 1.27 bits per heavy atom. The lowest BCUT2D eigenvalue weighted by Gasteiger charge is -2.37. The van der Waals surface area contributed by atoms with Gasteiger partial charge in [0.25, 0.3) is 0 Å². The fraction of sp³-hybridized carbons (Fsp3) is 0.222. The zero-order chi connectivity index (χ0) is 18.7. The molecule has 2 aromatic rings. The molecule has 0 bridgehead atoms. The van der Waals surface area contributed by atoms with E-state index >= 15 is 0 Å². The summed E-state index contributed by atoms with van der Waals surface area (Å²) in [6, 6.07) is 14.4. The quantitative estimate of drug-likeness (QED) is 0.473. The van der Waals surface area contributed by atoms with Crippen molar-refractivity contribution in [1.29, 1.82) is 0 Å². The van der Waals surface area contributed by atoms with E-state index in [1.54, 1.807) is 0 Å². The molecule has 0 aliphatic carbocycles. The molecule has 8 heteroatoms. The van der Waals surface area contributed by atoms with Crippen LogP contribution in [0.1, 0.15) is 18.1 Å². The fourth-order valence-corrected chi connectivity index (χ4v) is 3.28. The van der Waals surface area contributed by atoms with E-state index in [0.717, 1.165) is 10.5 Å². The van der Waals surface area contributed by atoms with E-state index < -0.39 is 29.6 Å². The van der Waals surface area contributed by atoms with E-state index in [-0.39, 0.29) is 6.42 Å². The highest BCUT2D eigenvalue weighted by molar-refractivity contribution is 5.93. The Bertz CT molecular complexity index is 881. The lowest BCUT2D eigenvalue weighted by atomic mass is 9.81.